The molecule has 2 aromatic rings. The van der Waals surface area contributed by atoms with Gasteiger partial charge in [-0.2, -0.15) is 0 Å². The number of anilines is 1. The number of aromatic carboxylic acids is 1. The van der Waals surface area contributed by atoms with E-state index < -0.39 is 28.5 Å². The summed E-state index contributed by atoms with van der Waals surface area (Å²) >= 11 is 3.20. The smallest absolute Gasteiger partial charge is 0.342 e. The SMILES string of the molecule is Cc1ccc(S(=O)(=O)N(C)C)cc1N[N+](=NCC(=O)O)c1ccc(Br)cc1C(=O)O. The second-order valence-electron chi connectivity index (χ2n) is 6.35. The maximum atomic E-state index is 12.4. The van der Waals surface area contributed by atoms with Crippen LogP contribution in [-0.4, -0.2) is 60.3 Å². The number of hydrazine groups is 1. The van der Waals surface area contributed by atoms with Gasteiger partial charge in [-0.15, -0.1) is 5.43 Å². The number of benzene rings is 2. The van der Waals surface area contributed by atoms with E-state index in [2.05, 4.69) is 26.5 Å². The molecule has 30 heavy (non-hydrogen) atoms. The molecular weight excluding hydrogens is 480 g/mol. The van der Waals surface area contributed by atoms with Gasteiger partial charge in [-0.3, -0.25) is 0 Å². The molecule has 0 aliphatic heterocycles. The Balaban J connectivity index is 2.61. The number of sulfonamides is 1. The molecule has 0 atom stereocenters. The molecule has 0 aromatic heterocycles. The van der Waals surface area contributed by atoms with Crippen molar-refractivity contribution in [2.75, 3.05) is 26.1 Å². The first-order valence-electron chi connectivity index (χ1n) is 8.45. The Morgan fingerprint density at radius 1 is 1.17 bits per heavy atom. The first kappa shape index (κ1) is 23.4. The summed E-state index contributed by atoms with van der Waals surface area (Å²) in [4.78, 5) is 23.7. The minimum atomic E-state index is -3.72. The standard InChI is InChI=1S/C18H19BrN4O6S/c1-11-4-6-13(30(28,29)22(2)3)9-15(11)21-23(20-10-17(24)25)16-7-5-12(19)8-14(16)18(26)27/h4-9H,10H2,1-3H3,(H2-,20,21,24,25,26,27)/p+1. The topological polar surface area (TPSA) is 139 Å². The largest absolute Gasteiger partial charge is 0.480 e. The number of halogens is 1. The predicted molar refractivity (Wildman–Crippen MR) is 112 cm³/mol. The van der Waals surface area contributed by atoms with E-state index in [9.17, 15) is 23.1 Å². The number of carbonyl (C=O) groups is 2. The van der Waals surface area contributed by atoms with Crippen LogP contribution in [0.1, 0.15) is 15.9 Å². The van der Waals surface area contributed by atoms with Crippen molar-refractivity contribution in [3.05, 3.63) is 52.0 Å². The van der Waals surface area contributed by atoms with Crippen molar-refractivity contribution in [2.45, 2.75) is 11.8 Å². The molecule has 0 unspecified atom stereocenters. The highest BCUT2D eigenvalue weighted by Crippen LogP contribution is 2.27. The zero-order valence-electron chi connectivity index (χ0n) is 16.3. The minimum Gasteiger partial charge on any atom is -0.480 e. The molecule has 0 heterocycles. The lowest BCUT2D eigenvalue weighted by molar-refractivity contribution is -0.481. The van der Waals surface area contributed by atoms with Gasteiger partial charge in [-0.25, -0.2) is 22.3 Å². The number of hydrogen-bond donors (Lipinski definition) is 3. The molecule has 2 aromatic carbocycles. The lowest BCUT2D eigenvalue weighted by atomic mass is 10.2. The van der Waals surface area contributed by atoms with Crippen molar-refractivity contribution in [3.63, 3.8) is 0 Å². The zero-order chi connectivity index (χ0) is 22.6. The van der Waals surface area contributed by atoms with Gasteiger partial charge < -0.3 is 10.2 Å². The summed E-state index contributed by atoms with van der Waals surface area (Å²) < 4.78 is 26.5. The zero-order valence-corrected chi connectivity index (χ0v) is 18.7. The maximum Gasteiger partial charge on any atom is 0.342 e. The highest BCUT2D eigenvalue weighted by Gasteiger charge is 2.25. The lowest BCUT2D eigenvalue weighted by Crippen LogP contribution is -2.23. The average molecular weight is 500 g/mol. The fourth-order valence-corrected chi connectivity index (χ4v) is 3.66. The summed E-state index contributed by atoms with van der Waals surface area (Å²) in [5, 5.41) is 22.5. The van der Waals surface area contributed by atoms with E-state index >= 15 is 0 Å². The molecule has 0 saturated carbocycles. The Bertz CT molecular complexity index is 1130. The number of nitrogens with one attached hydrogen (secondary N) is 1. The molecule has 0 amide bonds. The number of aliphatic carboxylic acids is 1. The Morgan fingerprint density at radius 2 is 1.83 bits per heavy atom. The summed E-state index contributed by atoms with van der Waals surface area (Å²) in [7, 11) is -0.919. The molecule has 0 saturated heterocycles. The third-order valence-electron chi connectivity index (χ3n) is 3.98. The number of carboxylic acids is 2. The monoisotopic (exact) mass is 499 g/mol. The van der Waals surface area contributed by atoms with Crippen molar-refractivity contribution in [1.82, 2.24) is 4.31 Å². The molecule has 3 N–H and O–H groups in total. The summed E-state index contributed by atoms with van der Waals surface area (Å²) in [5.41, 5.74) is 3.71. The molecule has 0 aliphatic carbocycles. The number of hydrogen-bond acceptors (Lipinski definition) is 5. The molecule has 0 spiro atoms. The minimum absolute atomic E-state index is 0.00745. The van der Waals surface area contributed by atoms with E-state index in [1.807, 2.05) is 0 Å². The van der Waals surface area contributed by atoms with Crippen LogP contribution in [0.25, 0.3) is 0 Å². The predicted octanol–water partition coefficient (Wildman–Crippen LogP) is 2.91. The summed E-state index contributed by atoms with van der Waals surface area (Å²) in [6, 6.07) is 8.76. The van der Waals surface area contributed by atoms with Crippen LogP contribution in [0.3, 0.4) is 0 Å². The van der Waals surface area contributed by atoms with Gasteiger partial charge in [0.1, 0.15) is 11.3 Å². The van der Waals surface area contributed by atoms with Crippen molar-refractivity contribution < 1.29 is 33.0 Å². The van der Waals surface area contributed by atoms with Crippen molar-refractivity contribution in [3.8, 4) is 0 Å². The molecule has 0 radical (unpaired) electrons. The van der Waals surface area contributed by atoms with Gasteiger partial charge in [0.2, 0.25) is 16.6 Å². The highest BCUT2D eigenvalue weighted by molar-refractivity contribution is 9.10. The van der Waals surface area contributed by atoms with E-state index in [4.69, 9.17) is 5.11 Å². The fraction of sp³-hybridized carbons (Fsp3) is 0.222. The van der Waals surface area contributed by atoms with Crippen LogP contribution in [0.4, 0.5) is 11.4 Å². The average Bonchev–Trinajstić information content (AvgIpc) is 2.66. The summed E-state index contributed by atoms with van der Waals surface area (Å²) in [6.07, 6.45) is 0. The Labute approximate surface area is 181 Å². The van der Waals surface area contributed by atoms with Crippen LogP contribution in [0.15, 0.2) is 50.9 Å². The van der Waals surface area contributed by atoms with E-state index in [0.717, 1.165) is 9.11 Å². The first-order valence-corrected chi connectivity index (χ1v) is 10.7. The number of nitrogens with zero attached hydrogens (tertiary/aromatic N) is 3. The Hall–Kier alpha value is -2.83. The maximum absolute atomic E-state index is 12.4. The molecule has 0 fully saturated rings. The highest BCUT2D eigenvalue weighted by atomic mass is 79.9. The van der Waals surface area contributed by atoms with Gasteiger partial charge in [0.05, 0.1) is 4.90 Å². The number of aryl methyl sites for hydroxylation is 1. The second kappa shape index (κ2) is 9.32. The second-order valence-corrected chi connectivity index (χ2v) is 9.42. The van der Waals surface area contributed by atoms with E-state index in [1.165, 1.54) is 38.4 Å². The molecule has 12 heteroatoms. The Kier molecular flexibility index (Phi) is 7.29. The quantitative estimate of drug-likeness (QED) is 0.288. The normalized spacial score (nSPS) is 12.1. The number of azo groups is 1. The number of carboxylic acid groups (broad SMARTS) is 2. The van der Waals surface area contributed by atoms with Crippen LogP contribution >= 0.6 is 15.9 Å². The molecule has 0 bridgehead atoms. The van der Waals surface area contributed by atoms with E-state index in [0.29, 0.717) is 15.7 Å². The van der Waals surface area contributed by atoms with Gasteiger partial charge in [0.15, 0.2) is 0 Å². The lowest BCUT2D eigenvalue weighted by Gasteiger charge is -2.13. The van der Waals surface area contributed by atoms with Gasteiger partial charge in [-0.05, 0) is 36.8 Å². The first-order chi connectivity index (χ1) is 13.9. The van der Waals surface area contributed by atoms with Crippen LogP contribution < -0.4 is 5.43 Å². The van der Waals surface area contributed by atoms with Crippen LogP contribution in [0.2, 0.25) is 0 Å². The Morgan fingerprint density at radius 3 is 2.40 bits per heavy atom. The van der Waals surface area contributed by atoms with Gasteiger partial charge in [-0.1, -0.05) is 22.0 Å². The van der Waals surface area contributed by atoms with Crippen LogP contribution in [-0.2, 0) is 14.8 Å². The van der Waals surface area contributed by atoms with Crippen molar-refractivity contribution in [2.24, 2.45) is 5.11 Å². The molecule has 10 nitrogen and oxygen atoms in total. The van der Waals surface area contributed by atoms with Crippen molar-refractivity contribution in [1.29, 1.82) is 0 Å². The van der Waals surface area contributed by atoms with Crippen LogP contribution in [0.5, 0.6) is 0 Å². The molecule has 160 valence electrons. The number of rotatable bonds is 8. The molecule has 2 rings (SSSR count). The molecule has 0 aliphatic rings. The van der Waals surface area contributed by atoms with E-state index in [1.54, 1.807) is 19.1 Å². The summed E-state index contributed by atoms with van der Waals surface area (Å²) in [6.45, 7) is 1.07. The van der Waals surface area contributed by atoms with Gasteiger partial charge >= 0.3 is 11.9 Å². The summed E-state index contributed by atoms with van der Waals surface area (Å²) in [5.74, 6) is -2.47. The van der Waals surface area contributed by atoms with Crippen LogP contribution in [0, 0.1) is 6.92 Å². The van der Waals surface area contributed by atoms with Gasteiger partial charge in [0, 0.05) is 34.6 Å². The van der Waals surface area contributed by atoms with Gasteiger partial charge in [0.25, 0.3) is 5.69 Å². The fourth-order valence-electron chi connectivity index (χ4n) is 2.37. The van der Waals surface area contributed by atoms with Crippen molar-refractivity contribution >= 4 is 49.3 Å². The third kappa shape index (κ3) is 5.40. The molecular formula is C18H20BrN4O6S+. The van der Waals surface area contributed by atoms with E-state index in [-0.39, 0.29) is 16.1 Å². The third-order valence-corrected chi connectivity index (χ3v) is 6.28.